The van der Waals surface area contributed by atoms with Crippen molar-refractivity contribution in [2.24, 2.45) is 0 Å². The highest BCUT2D eigenvalue weighted by atomic mass is 15.0. The van der Waals surface area contributed by atoms with Gasteiger partial charge in [-0.05, 0) is 43.5 Å². The molecule has 1 saturated heterocycles. The predicted molar refractivity (Wildman–Crippen MR) is 70.0 cm³/mol. The van der Waals surface area contributed by atoms with Gasteiger partial charge in [-0.25, -0.2) is 0 Å². The maximum absolute atomic E-state index is 3.50. The van der Waals surface area contributed by atoms with Gasteiger partial charge >= 0.3 is 0 Å². The number of aryl methyl sites for hydroxylation is 1. The van der Waals surface area contributed by atoms with Crippen molar-refractivity contribution in [2.75, 3.05) is 18.4 Å². The van der Waals surface area contributed by atoms with Crippen LogP contribution in [-0.2, 0) is 6.42 Å². The third-order valence-corrected chi connectivity index (χ3v) is 3.21. The number of hydrogen-bond acceptors (Lipinski definition) is 2. The molecule has 1 atom stereocenters. The number of anilines is 1. The molecule has 1 unspecified atom stereocenters. The topological polar surface area (TPSA) is 24.1 Å². The molecule has 0 spiro atoms. The van der Waals surface area contributed by atoms with Gasteiger partial charge in [0.25, 0.3) is 0 Å². The van der Waals surface area contributed by atoms with Crippen LogP contribution in [0.25, 0.3) is 0 Å². The Balaban J connectivity index is 1.80. The summed E-state index contributed by atoms with van der Waals surface area (Å²) in [6.45, 7) is 4.45. The lowest BCUT2D eigenvalue weighted by molar-refractivity contribution is 0.633. The van der Waals surface area contributed by atoms with Gasteiger partial charge in [0.15, 0.2) is 0 Å². The minimum atomic E-state index is 0.662. The Bertz CT molecular complexity index is 299. The molecule has 0 amide bonds. The SMILES string of the molecule is CCCc1ccc(NCC2CCCN2)cc1. The largest absolute Gasteiger partial charge is 0.383 e. The van der Waals surface area contributed by atoms with Crippen molar-refractivity contribution in [3.05, 3.63) is 29.8 Å². The summed E-state index contributed by atoms with van der Waals surface area (Å²) in [5.41, 5.74) is 2.68. The minimum absolute atomic E-state index is 0.662. The van der Waals surface area contributed by atoms with Crippen molar-refractivity contribution in [3.63, 3.8) is 0 Å². The average molecular weight is 218 g/mol. The number of nitrogens with one attached hydrogen (secondary N) is 2. The molecule has 0 aliphatic carbocycles. The second-order valence-corrected chi connectivity index (χ2v) is 4.62. The highest BCUT2D eigenvalue weighted by Crippen LogP contribution is 2.12. The van der Waals surface area contributed by atoms with E-state index in [0.29, 0.717) is 6.04 Å². The standard InChI is InChI=1S/C14H22N2/c1-2-4-12-6-8-13(9-7-12)16-11-14-5-3-10-15-14/h6-9,14-16H,2-5,10-11H2,1H3. The van der Waals surface area contributed by atoms with E-state index in [-0.39, 0.29) is 0 Å². The molecule has 1 aromatic rings. The summed E-state index contributed by atoms with van der Waals surface area (Å²) in [4.78, 5) is 0. The van der Waals surface area contributed by atoms with E-state index < -0.39 is 0 Å². The molecule has 2 heteroatoms. The Morgan fingerprint density at radius 1 is 1.31 bits per heavy atom. The van der Waals surface area contributed by atoms with E-state index in [9.17, 15) is 0 Å². The third kappa shape index (κ3) is 3.24. The van der Waals surface area contributed by atoms with E-state index in [4.69, 9.17) is 0 Å². The molecule has 88 valence electrons. The van der Waals surface area contributed by atoms with Crippen molar-refractivity contribution in [3.8, 4) is 0 Å². The van der Waals surface area contributed by atoms with Crippen LogP contribution in [0.15, 0.2) is 24.3 Å². The molecule has 16 heavy (non-hydrogen) atoms. The Morgan fingerprint density at radius 2 is 2.12 bits per heavy atom. The van der Waals surface area contributed by atoms with Crippen LogP contribution in [0.5, 0.6) is 0 Å². The van der Waals surface area contributed by atoms with Crippen molar-refractivity contribution in [2.45, 2.75) is 38.6 Å². The van der Waals surface area contributed by atoms with E-state index in [1.807, 2.05) is 0 Å². The van der Waals surface area contributed by atoms with E-state index in [2.05, 4.69) is 41.8 Å². The van der Waals surface area contributed by atoms with Gasteiger partial charge in [0.1, 0.15) is 0 Å². The van der Waals surface area contributed by atoms with Crippen LogP contribution in [0.2, 0.25) is 0 Å². The molecule has 2 N–H and O–H groups in total. The van der Waals surface area contributed by atoms with Gasteiger partial charge in [0.2, 0.25) is 0 Å². The van der Waals surface area contributed by atoms with Gasteiger partial charge < -0.3 is 10.6 Å². The molecule has 2 rings (SSSR count). The van der Waals surface area contributed by atoms with Gasteiger partial charge in [-0.3, -0.25) is 0 Å². The first-order valence-corrected chi connectivity index (χ1v) is 6.44. The van der Waals surface area contributed by atoms with Crippen LogP contribution < -0.4 is 10.6 Å². The van der Waals surface area contributed by atoms with Crippen molar-refractivity contribution in [1.29, 1.82) is 0 Å². The molecule has 1 aliphatic heterocycles. The van der Waals surface area contributed by atoms with Crippen LogP contribution in [0.3, 0.4) is 0 Å². The molecule has 2 nitrogen and oxygen atoms in total. The summed E-state index contributed by atoms with van der Waals surface area (Å²) in [5.74, 6) is 0. The predicted octanol–water partition coefficient (Wildman–Crippen LogP) is 2.80. The number of rotatable bonds is 5. The molecule has 1 heterocycles. The summed E-state index contributed by atoms with van der Waals surface area (Å²) >= 11 is 0. The maximum Gasteiger partial charge on any atom is 0.0340 e. The third-order valence-electron chi connectivity index (χ3n) is 3.21. The Kier molecular flexibility index (Phi) is 4.23. The first-order chi connectivity index (χ1) is 7.88. The molecule has 1 aliphatic rings. The fraction of sp³-hybridized carbons (Fsp3) is 0.571. The minimum Gasteiger partial charge on any atom is -0.383 e. The van der Waals surface area contributed by atoms with Crippen LogP contribution in [0, 0.1) is 0 Å². The zero-order valence-corrected chi connectivity index (χ0v) is 10.1. The van der Waals surface area contributed by atoms with Crippen LogP contribution in [0.4, 0.5) is 5.69 Å². The second kappa shape index (κ2) is 5.90. The van der Waals surface area contributed by atoms with E-state index >= 15 is 0 Å². The summed E-state index contributed by atoms with van der Waals surface area (Å²) in [5, 5.41) is 6.99. The quantitative estimate of drug-likeness (QED) is 0.794. The van der Waals surface area contributed by atoms with Crippen molar-refractivity contribution < 1.29 is 0 Å². The number of benzene rings is 1. The molecule has 0 bridgehead atoms. The van der Waals surface area contributed by atoms with E-state index in [1.54, 1.807) is 0 Å². The van der Waals surface area contributed by atoms with Gasteiger partial charge in [-0.15, -0.1) is 0 Å². The lowest BCUT2D eigenvalue weighted by Gasteiger charge is -2.12. The lowest BCUT2D eigenvalue weighted by atomic mass is 10.1. The second-order valence-electron chi connectivity index (χ2n) is 4.62. The molecular formula is C14H22N2. The molecular weight excluding hydrogens is 196 g/mol. The van der Waals surface area contributed by atoms with Crippen LogP contribution in [-0.4, -0.2) is 19.1 Å². The van der Waals surface area contributed by atoms with Crippen molar-refractivity contribution in [1.82, 2.24) is 5.32 Å². The Labute approximate surface area is 98.4 Å². The molecule has 0 saturated carbocycles. The Morgan fingerprint density at radius 3 is 2.75 bits per heavy atom. The van der Waals surface area contributed by atoms with Gasteiger partial charge in [-0.1, -0.05) is 25.5 Å². The van der Waals surface area contributed by atoms with Crippen LogP contribution >= 0.6 is 0 Å². The number of hydrogen-bond donors (Lipinski definition) is 2. The van der Waals surface area contributed by atoms with Gasteiger partial charge in [0.05, 0.1) is 0 Å². The molecule has 1 aromatic carbocycles. The monoisotopic (exact) mass is 218 g/mol. The van der Waals surface area contributed by atoms with Crippen LogP contribution in [0.1, 0.15) is 31.7 Å². The average Bonchev–Trinajstić information content (AvgIpc) is 2.82. The Hall–Kier alpha value is -1.02. The summed E-state index contributed by atoms with van der Waals surface area (Å²) in [7, 11) is 0. The van der Waals surface area contributed by atoms with E-state index in [0.717, 1.165) is 6.54 Å². The summed E-state index contributed by atoms with van der Waals surface area (Å²) < 4.78 is 0. The molecule has 0 aromatic heterocycles. The summed E-state index contributed by atoms with van der Waals surface area (Å²) in [6.07, 6.45) is 5.03. The van der Waals surface area contributed by atoms with E-state index in [1.165, 1.54) is 43.5 Å². The highest BCUT2D eigenvalue weighted by molar-refractivity contribution is 5.44. The first kappa shape index (κ1) is 11.5. The zero-order chi connectivity index (χ0) is 11.2. The van der Waals surface area contributed by atoms with Gasteiger partial charge in [0, 0.05) is 18.3 Å². The first-order valence-electron chi connectivity index (χ1n) is 6.44. The fourth-order valence-corrected chi connectivity index (χ4v) is 2.25. The summed E-state index contributed by atoms with van der Waals surface area (Å²) in [6, 6.07) is 9.51. The molecule has 0 radical (unpaired) electrons. The smallest absolute Gasteiger partial charge is 0.0340 e. The zero-order valence-electron chi connectivity index (χ0n) is 10.1. The maximum atomic E-state index is 3.50. The lowest BCUT2D eigenvalue weighted by Crippen LogP contribution is -2.29. The highest BCUT2D eigenvalue weighted by Gasteiger charge is 2.12. The fourth-order valence-electron chi connectivity index (χ4n) is 2.25. The normalized spacial score (nSPS) is 19.9. The molecule has 1 fully saturated rings. The van der Waals surface area contributed by atoms with Gasteiger partial charge in [-0.2, -0.15) is 0 Å². The van der Waals surface area contributed by atoms with Crippen molar-refractivity contribution >= 4 is 5.69 Å².